The molecule has 1 heterocycles. The maximum atomic E-state index is 5.03. The lowest BCUT2D eigenvalue weighted by atomic mass is 10.7. The first-order chi connectivity index (χ1) is 4.38. The predicted octanol–water partition coefficient (Wildman–Crippen LogP) is 1.88. The van der Waals surface area contributed by atoms with Crippen LogP contribution in [0.5, 0.6) is 0 Å². The Morgan fingerprint density at radius 3 is 2.89 bits per heavy atom. The Labute approximate surface area is 58.5 Å². The smallest absolute Gasteiger partial charge is 0.122 e. The zero-order chi connectivity index (χ0) is 6.27. The van der Waals surface area contributed by atoms with Crippen LogP contribution in [0.4, 0.5) is 0 Å². The maximum Gasteiger partial charge on any atom is 0.122 e. The van der Waals surface area contributed by atoms with Crippen LogP contribution in [0.2, 0.25) is 0 Å². The molecule has 2 nitrogen and oxygen atoms in total. The molecule has 48 valence electrons. The van der Waals surface area contributed by atoms with Crippen LogP contribution in [0.3, 0.4) is 0 Å². The van der Waals surface area contributed by atoms with Crippen LogP contribution in [0.1, 0.15) is 18.9 Å². The van der Waals surface area contributed by atoms with Crippen molar-refractivity contribution in [2.45, 2.75) is 18.9 Å². The molecule has 0 saturated heterocycles. The second-order valence-corrected chi connectivity index (χ2v) is 2.82. The van der Waals surface area contributed by atoms with Crippen LogP contribution in [0.15, 0.2) is 12.3 Å². The summed E-state index contributed by atoms with van der Waals surface area (Å²) in [5.41, 5.74) is 0. The molecule has 1 aliphatic carbocycles. The second kappa shape index (κ2) is 1.70. The average Bonchev–Trinajstić information content (AvgIpc) is 2.58. The third kappa shape index (κ3) is 0.812. The number of rotatable bonds is 1. The molecule has 3 heteroatoms. The summed E-state index contributed by atoms with van der Waals surface area (Å²) in [5, 5.41) is 3.08. The van der Waals surface area contributed by atoms with E-state index in [1.807, 2.05) is 12.3 Å². The lowest BCUT2D eigenvalue weighted by molar-refractivity contribution is 0.633. The standard InChI is InChI=1S/C6H8N2S/c9-6-3-4-7-8(6)5-1-2-5/h3-5,7H,1-2H2. The molecule has 9 heavy (non-hydrogen) atoms. The molecule has 1 fully saturated rings. The molecule has 2 rings (SSSR count). The molecule has 1 aromatic rings. The average molecular weight is 140 g/mol. The van der Waals surface area contributed by atoms with Crippen molar-refractivity contribution in [1.82, 2.24) is 9.78 Å². The molecule has 0 spiro atoms. The van der Waals surface area contributed by atoms with Crippen LogP contribution >= 0.6 is 12.2 Å². The van der Waals surface area contributed by atoms with Crippen LogP contribution in [-0.4, -0.2) is 9.78 Å². The SMILES string of the molecule is S=c1cc[nH]n1C1CC1. The highest BCUT2D eigenvalue weighted by Crippen LogP contribution is 2.33. The summed E-state index contributed by atoms with van der Waals surface area (Å²) in [6.45, 7) is 0. The van der Waals surface area contributed by atoms with E-state index in [9.17, 15) is 0 Å². The van der Waals surface area contributed by atoms with E-state index in [-0.39, 0.29) is 0 Å². The van der Waals surface area contributed by atoms with Crippen molar-refractivity contribution < 1.29 is 0 Å². The molecule has 1 N–H and O–H groups in total. The van der Waals surface area contributed by atoms with E-state index in [0.717, 1.165) is 4.64 Å². The summed E-state index contributed by atoms with van der Waals surface area (Å²) < 4.78 is 2.98. The Morgan fingerprint density at radius 1 is 1.67 bits per heavy atom. The minimum absolute atomic E-state index is 0.687. The summed E-state index contributed by atoms with van der Waals surface area (Å²) in [4.78, 5) is 0. The number of nitrogens with zero attached hydrogens (tertiary/aromatic N) is 1. The fourth-order valence-corrected chi connectivity index (χ4v) is 1.22. The first kappa shape index (κ1) is 5.23. The van der Waals surface area contributed by atoms with Crippen molar-refractivity contribution in [3.8, 4) is 0 Å². The van der Waals surface area contributed by atoms with Crippen molar-refractivity contribution in [3.05, 3.63) is 16.9 Å². The summed E-state index contributed by atoms with van der Waals surface area (Å²) in [6, 6.07) is 2.61. The number of hydrogen-bond donors (Lipinski definition) is 1. The Morgan fingerprint density at radius 2 is 2.44 bits per heavy atom. The first-order valence-electron chi connectivity index (χ1n) is 3.14. The van der Waals surface area contributed by atoms with Gasteiger partial charge in [-0.25, -0.2) is 0 Å². The van der Waals surface area contributed by atoms with E-state index in [1.165, 1.54) is 12.8 Å². The Bertz CT molecular complexity index is 256. The fraction of sp³-hybridized carbons (Fsp3) is 0.500. The molecule has 0 atom stereocenters. The summed E-state index contributed by atoms with van der Waals surface area (Å²) in [5.74, 6) is 0. The highest BCUT2D eigenvalue weighted by Gasteiger charge is 2.23. The van der Waals surface area contributed by atoms with Gasteiger partial charge in [-0.05, 0) is 18.9 Å². The molecule has 1 aliphatic rings. The molecule has 0 aromatic carbocycles. The van der Waals surface area contributed by atoms with Gasteiger partial charge in [-0.15, -0.1) is 0 Å². The molecular formula is C6H8N2S. The van der Waals surface area contributed by atoms with E-state index in [2.05, 4.69) is 9.78 Å². The van der Waals surface area contributed by atoms with Crippen molar-refractivity contribution >= 4 is 12.2 Å². The highest BCUT2D eigenvalue weighted by atomic mass is 32.1. The largest absolute Gasteiger partial charge is 0.305 e. The van der Waals surface area contributed by atoms with Crippen molar-refractivity contribution in [1.29, 1.82) is 0 Å². The van der Waals surface area contributed by atoms with Gasteiger partial charge in [-0.3, -0.25) is 4.68 Å². The summed E-state index contributed by atoms with van der Waals surface area (Å²) in [7, 11) is 0. The molecule has 0 radical (unpaired) electrons. The predicted molar refractivity (Wildman–Crippen MR) is 37.9 cm³/mol. The molecule has 0 bridgehead atoms. The molecule has 1 saturated carbocycles. The van der Waals surface area contributed by atoms with E-state index in [1.54, 1.807) is 0 Å². The van der Waals surface area contributed by atoms with Gasteiger partial charge in [0.1, 0.15) is 4.64 Å². The van der Waals surface area contributed by atoms with E-state index < -0.39 is 0 Å². The zero-order valence-electron chi connectivity index (χ0n) is 5.00. The van der Waals surface area contributed by atoms with Crippen LogP contribution in [0.25, 0.3) is 0 Å². The molecule has 0 amide bonds. The van der Waals surface area contributed by atoms with Crippen LogP contribution in [0, 0.1) is 4.64 Å². The Kier molecular flexibility index (Phi) is 0.990. The van der Waals surface area contributed by atoms with Crippen LogP contribution < -0.4 is 0 Å². The van der Waals surface area contributed by atoms with Gasteiger partial charge in [0.2, 0.25) is 0 Å². The van der Waals surface area contributed by atoms with Crippen molar-refractivity contribution in [2.24, 2.45) is 0 Å². The van der Waals surface area contributed by atoms with Gasteiger partial charge in [0, 0.05) is 6.20 Å². The molecule has 0 unspecified atom stereocenters. The van der Waals surface area contributed by atoms with Crippen molar-refractivity contribution in [3.63, 3.8) is 0 Å². The van der Waals surface area contributed by atoms with E-state index in [4.69, 9.17) is 12.2 Å². The fourth-order valence-electron chi connectivity index (χ4n) is 0.951. The van der Waals surface area contributed by atoms with Gasteiger partial charge >= 0.3 is 0 Å². The quantitative estimate of drug-likeness (QED) is 0.591. The maximum absolute atomic E-state index is 5.03. The monoisotopic (exact) mass is 140 g/mol. The van der Waals surface area contributed by atoms with Crippen molar-refractivity contribution in [2.75, 3.05) is 0 Å². The minimum atomic E-state index is 0.687. The number of aromatic amines is 1. The molecular weight excluding hydrogens is 132 g/mol. The third-order valence-corrected chi connectivity index (χ3v) is 1.92. The first-order valence-corrected chi connectivity index (χ1v) is 3.54. The molecule has 0 aliphatic heterocycles. The minimum Gasteiger partial charge on any atom is -0.305 e. The van der Waals surface area contributed by atoms with Gasteiger partial charge in [-0.2, -0.15) is 0 Å². The Balaban J connectivity index is 2.47. The highest BCUT2D eigenvalue weighted by molar-refractivity contribution is 7.71. The van der Waals surface area contributed by atoms with Gasteiger partial charge < -0.3 is 5.10 Å². The number of nitrogens with one attached hydrogen (secondary N) is 1. The topological polar surface area (TPSA) is 20.7 Å². The van der Waals surface area contributed by atoms with Gasteiger partial charge in [-0.1, -0.05) is 12.2 Å². The Hall–Kier alpha value is -0.570. The lowest BCUT2D eigenvalue weighted by Crippen LogP contribution is -1.94. The number of H-pyrrole nitrogens is 1. The zero-order valence-corrected chi connectivity index (χ0v) is 5.82. The van der Waals surface area contributed by atoms with Gasteiger partial charge in [0.05, 0.1) is 6.04 Å². The van der Waals surface area contributed by atoms with E-state index >= 15 is 0 Å². The number of aromatic nitrogens is 2. The third-order valence-electron chi connectivity index (χ3n) is 1.59. The lowest BCUT2D eigenvalue weighted by Gasteiger charge is -1.94. The van der Waals surface area contributed by atoms with Gasteiger partial charge in [0.15, 0.2) is 0 Å². The van der Waals surface area contributed by atoms with Gasteiger partial charge in [0.25, 0.3) is 0 Å². The van der Waals surface area contributed by atoms with Crippen LogP contribution in [-0.2, 0) is 0 Å². The summed E-state index contributed by atoms with van der Waals surface area (Å²) >= 11 is 5.03. The molecule has 1 aromatic heterocycles. The second-order valence-electron chi connectivity index (χ2n) is 2.40. The normalized spacial score (nSPS) is 18.2. The number of hydrogen-bond acceptors (Lipinski definition) is 1. The summed E-state index contributed by atoms with van der Waals surface area (Å²) in [6.07, 6.45) is 4.46. The van der Waals surface area contributed by atoms with E-state index in [0.29, 0.717) is 6.04 Å².